The Kier molecular flexibility index (Phi) is 5.66. The average Bonchev–Trinajstić information content (AvgIpc) is 2.51. The van der Waals surface area contributed by atoms with Gasteiger partial charge in [0.05, 0.1) is 5.56 Å². The Labute approximate surface area is 128 Å². The Morgan fingerprint density at radius 2 is 1.95 bits per heavy atom. The molecule has 1 aliphatic carbocycles. The smallest absolute Gasteiger partial charge is 0.256 e. The molecule has 0 heterocycles. The molecule has 1 aromatic carbocycles. The molecule has 0 aliphatic heterocycles. The summed E-state index contributed by atoms with van der Waals surface area (Å²) >= 11 is 0. The lowest BCUT2D eigenvalue weighted by molar-refractivity contribution is 0.0649. The highest BCUT2D eigenvalue weighted by molar-refractivity contribution is 6.00. The first kappa shape index (κ1) is 15.9. The van der Waals surface area contributed by atoms with Crippen molar-refractivity contribution in [2.24, 2.45) is 0 Å². The van der Waals surface area contributed by atoms with E-state index < -0.39 is 0 Å². The largest absolute Gasteiger partial charge is 0.385 e. The summed E-state index contributed by atoms with van der Waals surface area (Å²) in [6.45, 7) is 7.83. The maximum absolute atomic E-state index is 13.0. The van der Waals surface area contributed by atoms with Gasteiger partial charge in [-0.25, -0.2) is 0 Å². The first-order valence-electron chi connectivity index (χ1n) is 8.32. The molecule has 1 saturated carbocycles. The number of carbonyl (C=O) groups is 1. The minimum Gasteiger partial charge on any atom is -0.385 e. The molecule has 1 aliphatic rings. The van der Waals surface area contributed by atoms with Gasteiger partial charge in [-0.3, -0.25) is 4.79 Å². The van der Waals surface area contributed by atoms with Crippen LogP contribution in [0.25, 0.3) is 0 Å². The first-order chi connectivity index (χ1) is 10.2. The Hall–Kier alpha value is -1.51. The molecule has 21 heavy (non-hydrogen) atoms. The number of nitrogens with zero attached hydrogens (tertiary/aromatic N) is 1. The molecule has 0 atom stereocenters. The van der Waals surface area contributed by atoms with Crippen molar-refractivity contribution in [3.8, 4) is 0 Å². The van der Waals surface area contributed by atoms with Crippen LogP contribution in [-0.2, 0) is 0 Å². The summed E-state index contributed by atoms with van der Waals surface area (Å²) in [7, 11) is 0. The van der Waals surface area contributed by atoms with E-state index in [1.165, 1.54) is 19.3 Å². The van der Waals surface area contributed by atoms with Gasteiger partial charge in [0.1, 0.15) is 0 Å². The van der Waals surface area contributed by atoms with E-state index in [1.807, 2.05) is 19.1 Å². The van der Waals surface area contributed by atoms with E-state index in [-0.39, 0.29) is 5.91 Å². The molecule has 1 fully saturated rings. The van der Waals surface area contributed by atoms with E-state index in [0.717, 1.165) is 42.7 Å². The highest BCUT2D eigenvalue weighted by atomic mass is 16.2. The van der Waals surface area contributed by atoms with Crippen LogP contribution in [0.2, 0.25) is 0 Å². The summed E-state index contributed by atoms with van der Waals surface area (Å²) in [5.74, 6) is 0.184. The average molecular weight is 288 g/mol. The van der Waals surface area contributed by atoms with Gasteiger partial charge in [0.25, 0.3) is 5.91 Å². The molecule has 116 valence electrons. The van der Waals surface area contributed by atoms with E-state index in [2.05, 4.69) is 30.1 Å². The van der Waals surface area contributed by atoms with Crippen molar-refractivity contribution in [3.63, 3.8) is 0 Å². The van der Waals surface area contributed by atoms with E-state index in [1.54, 1.807) is 0 Å². The molecule has 3 nitrogen and oxygen atoms in total. The van der Waals surface area contributed by atoms with Crippen LogP contribution in [0.5, 0.6) is 0 Å². The zero-order valence-corrected chi connectivity index (χ0v) is 13.6. The van der Waals surface area contributed by atoms with Crippen LogP contribution in [0.3, 0.4) is 0 Å². The van der Waals surface area contributed by atoms with Crippen molar-refractivity contribution in [1.82, 2.24) is 4.90 Å². The number of benzene rings is 1. The van der Waals surface area contributed by atoms with Gasteiger partial charge in [-0.1, -0.05) is 30.9 Å². The lowest BCUT2D eigenvalue weighted by Crippen LogP contribution is -2.41. The molecule has 2 rings (SSSR count). The van der Waals surface area contributed by atoms with Crippen LogP contribution < -0.4 is 5.32 Å². The highest BCUT2D eigenvalue weighted by Crippen LogP contribution is 2.26. The van der Waals surface area contributed by atoms with E-state index in [4.69, 9.17) is 0 Å². The van der Waals surface area contributed by atoms with Gasteiger partial charge in [-0.05, 0) is 45.7 Å². The Bertz CT molecular complexity index is 478. The Morgan fingerprint density at radius 3 is 2.57 bits per heavy atom. The van der Waals surface area contributed by atoms with Crippen LogP contribution in [0.15, 0.2) is 18.2 Å². The quantitative estimate of drug-likeness (QED) is 0.879. The van der Waals surface area contributed by atoms with Crippen LogP contribution >= 0.6 is 0 Å². The van der Waals surface area contributed by atoms with E-state index in [9.17, 15) is 4.79 Å². The molecular formula is C18H28N2O. The molecular weight excluding hydrogens is 260 g/mol. The summed E-state index contributed by atoms with van der Waals surface area (Å²) in [6, 6.07) is 6.53. The van der Waals surface area contributed by atoms with Crippen molar-refractivity contribution < 1.29 is 4.79 Å². The zero-order chi connectivity index (χ0) is 15.2. The predicted octanol–water partition coefficient (Wildman–Crippen LogP) is 4.22. The minimum atomic E-state index is 0.184. The third-order valence-corrected chi connectivity index (χ3v) is 4.39. The highest BCUT2D eigenvalue weighted by Gasteiger charge is 2.26. The molecule has 1 N–H and O–H groups in total. The van der Waals surface area contributed by atoms with Gasteiger partial charge < -0.3 is 10.2 Å². The standard InChI is InChI=1S/C18H28N2O/c1-4-19-17-12-11-14(3)13-16(17)18(21)20(5-2)15-9-7-6-8-10-15/h11-13,15,19H,4-10H2,1-3H3. The molecule has 0 bridgehead atoms. The third kappa shape index (κ3) is 3.78. The summed E-state index contributed by atoms with van der Waals surface area (Å²) in [6.07, 6.45) is 6.13. The molecule has 1 amide bonds. The van der Waals surface area contributed by atoms with Crippen LogP contribution in [0, 0.1) is 6.92 Å². The molecule has 0 radical (unpaired) electrons. The number of amides is 1. The molecule has 3 heteroatoms. The minimum absolute atomic E-state index is 0.184. The second-order valence-corrected chi connectivity index (χ2v) is 5.96. The predicted molar refractivity (Wildman–Crippen MR) is 88.9 cm³/mol. The number of carbonyl (C=O) groups excluding carboxylic acids is 1. The topological polar surface area (TPSA) is 32.3 Å². The number of hydrogen-bond acceptors (Lipinski definition) is 2. The second-order valence-electron chi connectivity index (χ2n) is 5.96. The summed E-state index contributed by atoms with van der Waals surface area (Å²) in [5.41, 5.74) is 2.92. The Morgan fingerprint density at radius 1 is 1.24 bits per heavy atom. The van der Waals surface area contributed by atoms with Gasteiger partial charge in [-0.15, -0.1) is 0 Å². The maximum atomic E-state index is 13.0. The maximum Gasteiger partial charge on any atom is 0.256 e. The number of nitrogens with one attached hydrogen (secondary N) is 1. The zero-order valence-electron chi connectivity index (χ0n) is 13.6. The lowest BCUT2D eigenvalue weighted by atomic mass is 9.93. The normalized spacial score (nSPS) is 15.8. The SMILES string of the molecule is CCNc1ccc(C)cc1C(=O)N(CC)C1CCCCC1. The van der Waals surface area contributed by atoms with Crippen molar-refractivity contribution in [1.29, 1.82) is 0 Å². The van der Waals surface area contributed by atoms with Crippen molar-refractivity contribution in [3.05, 3.63) is 29.3 Å². The van der Waals surface area contributed by atoms with Gasteiger partial charge in [-0.2, -0.15) is 0 Å². The fraction of sp³-hybridized carbons (Fsp3) is 0.611. The molecule has 0 spiro atoms. The van der Waals surface area contributed by atoms with Crippen molar-refractivity contribution in [2.45, 2.75) is 58.9 Å². The number of rotatable bonds is 5. The summed E-state index contributed by atoms with van der Waals surface area (Å²) in [5, 5.41) is 3.32. The number of hydrogen-bond donors (Lipinski definition) is 1. The van der Waals surface area contributed by atoms with Crippen molar-refractivity contribution in [2.75, 3.05) is 18.4 Å². The van der Waals surface area contributed by atoms with Crippen molar-refractivity contribution >= 4 is 11.6 Å². The fourth-order valence-corrected chi connectivity index (χ4v) is 3.29. The van der Waals surface area contributed by atoms with Crippen LogP contribution in [0.4, 0.5) is 5.69 Å². The van der Waals surface area contributed by atoms with Crippen LogP contribution in [-0.4, -0.2) is 29.9 Å². The Balaban J connectivity index is 2.25. The summed E-state index contributed by atoms with van der Waals surface area (Å²) < 4.78 is 0. The molecule has 1 aromatic rings. The lowest BCUT2D eigenvalue weighted by Gasteiger charge is -2.34. The molecule has 0 unspecified atom stereocenters. The molecule has 0 aromatic heterocycles. The van der Waals surface area contributed by atoms with Gasteiger partial charge >= 0.3 is 0 Å². The van der Waals surface area contributed by atoms with E-state index in [0.29, 0.717) is 6.04 Å². The first-order valence-corrected chi connectivity index (χ1v) is 8.32. The summed E-state index contributed by atoms with van der Waals surface area (Å²) in [4.78, 5) is 15.1. The number of aryl methyl sites for hydroxylation is 1. The van der Waals surface area contributed by atoms with Gasteiger partial charge in [0.15, 0.2) is 0 Å². The van der Waals surface area contributed by atoms with Gasteiger partial charge in [0.2, 0.25) is 0 Å². The monoisotopic (exact) mass is 288 g/mol. The van der Waals surface area contributed by atoms with Crippen LogP contribution in [0.1, 0.15) is 61.9 Å². The second kappa shape index (κ2) is 7.48. The third-order valence-electron chi connectivity index (χ3n) is 4.39. The molecule has 0 saturated heterocycles. The number of anilines is 1. The van der Waals surface area contributed by atoms with E-state index >= 15 is 0 Å². The fourth-order valence-electron chi connectivity index (χ4n) is 3.29. The van der Waals surface area contributed by atoms with Gasteiger partial charge in [0, 0.05) is 24.8 Å².